The van der Waals surface area contributed by atoms with E-state index in [4.69, 9.17) is 14.2 Å². The molecule has 2 N–H and O–H groups in total. The van der Waals surface area contributed by atoms with Gasteiger partial charge in [0.2, 0.25) is 18.1 Å². The van der Waals surface area contributed by atoms with Gasteiger partial charge in [0, 0.05) is 43.0 Å². The Hall–Kier alpha value is -3.51. The van der Waals surface area contributed by atoms with E-state index in [1.165, 1.54) is 30.3 Å². The van der Waals surface area contributed by atoms with Crippen LogP contribution < -0.4 is 15.4 Å². The number of hydrogen-bond acceptors (Lipinski definition) is 9. The number of thiazole rings is 1. The van der Waals surface area contributed by atoms with E-state index in [1.54, 1.807) is 37.6 Å². The van der Waals surface area contributed by atoms with Gasteiger partial charge in [-0.05, 0) is 38.8 Å². The lowest BCUT2D eigenvalue weighted by molar-refractivity contribution is -0.175. The number of esters is 1. The number of methoxy groups -OCH3 is 1. The van der Waals surface area contributed by atoms with Gasteiger partial charge in [-0.1, -0.05) is 6.07 Å². The van der Waals surface area contributed by atoms with Crippen molar-refractivity contribution in [2.24, 2.45) is 0 Å². The molecule has 1 aromatic heterocycles. The molecule has 1 aromatic carbocycles. The first-order valence-corrected chi connectivity index (χ1v) is 13.4. The fraction of sp³-hybridized carbons (Fsp3) is 0.500. The van der Waals surface area contributed by atoms with E-state index in [2.05, 4.69) is 15.6 Å². The number of aromatic nitrogens is 1. The zero-order chi connectivity index (χ0) is 27.7. The molecule has 1 aliphatic heterocycles. The highest BCUT2D eigenvalue weighted by molar-refractivity contribution is 7.07. The highest BCUT2D eigenvalue weighted by Crippen LogP contribution is 2.23. The number of benzene rings is 1. The van der Waals surface area contributed by atoms with Gasteiger partial charge in [0.15, 0.2) is 0 Å². The van der Waals surface area contributed by atoms with Crippen molar-refractivity contribution in [3.8, 4) is 5.75 Å². The van der Waals surface area contributed by atoms with Crippen molar-refractivity contribution in [3.05, 3.63) is 45.9 Å². The minimum atomic E-state index is -0.930. The maximum absolute atomic E-state index is 13.7. The van der Waals surface area contributed by atoms with Crippen LogP contribution in [0.15, 0.2) is 29.1 Å². The lowest BCUT2D eigenvalue weighted by Crippen LogP contribution is -2.54. The van der Waals surface area contributed by atoms with Crippen LogP contribution in [0.4, 0.5) is 0 Å². The molecule has 38 heavy (non-hydrogen) atoms. The van der Waals surface area contributed by atoms with E-state index in [-0.39, 0.29) is 24.8 Å². The Morgan fingerprint density at radius 1 is 1.26 bits per heavy atom. The molecule has 2 aromatic rings. The van der Waals surface area contributed by atoms with Gasteiger partial charge in [-0.15, -0.1) is 11.3 Å². The molecule has 3 atom stereocenters. The van der Waals surface area contributed by atoms with E-state index in [0.29, 0.717) is 48.6 Å². The summed E-state index contributed by atoms with van der Waals surface area (Å²) in [6, 6.07) is 3.48. The quantitative estimate of drug-likeness (QED) is 0.304. The molecule has 3 amide bonds. The average molecular weight is 547 g/mol. The molecule has 12 heteroatoms. The van der Waals surface area contributed by atoms with Gasteiger partial charge in [-0.25, -0.2) is 4.98 Å². The third-order valence-corrected chi connectivity index (χ3v) is 6.82. The predicted molar refractivity (Wildman–Crippen MR) is 140 cm³/mol. The molecule has 206 valence electrons. The number of ether oxygens (including phenoxy) is 3. The number of hydrogen-bond donors (Lipinski definition) is 2. The standard InChI is InChI=1S/C26H34N4O7S/c1-5-36-23(37-17(3)31)13-27-25(33)21-9-7-11-30(21)26(34)20(12-18-14-38-15-28-18)29-24(32)19-8-6-10-22(35-4)16(19)2/h6,8,10,14-15,20-21,23H,5,7,9,11-13H2,1-4H3,(H,27,33)(H,29,32)/t20-,21-,23+/m0/s1. The van der Waals surface area contributed by atoms with Gasteiger partial charge in [0.05, 0.1) is 24.9 Å². The normalized spacial score (nSPS) is 16.4. The summed E-state index contributed by atoms with van der Waals surface area (Å²) in [5.74, 6) is -1.13. The predicted octanol–water partition coefficient (Wildman–Crippen LogP) is 1.83. The lowest BCUT2D eigenvalue weighted by atomic mass is 10.0. The smallest absolute Gasteiger partial charge is 0.305 e. The van der Waals surface area contributed by atoms with Gasteiger partial charge in [-0.3, -0.25) is 19.2 Å². The number of nitrogens with one attached hydrogen (secondary N) is 2. The molecule has 0 unspecified atom stereocenters. The Kier molecular flexibility index (Phi) is 10.6. The molecule has 3 rings (SSSR count). The Morgan fingerprint density at radius 3 is 2.71 bits per heavy atom. The molecule has 1 aliphatic rings. The van der Waals surface area contributed by atoms with Crippen LogP contribution in [0.5, 0.6) is 5.75 Å². The number of carbonyl (C=O) groups is 4. The topological polar surface area (TPSA) is 136 Å². The van der Waals surface area contributed by atoms with Crippen molar-refractivity contribution in [2.45, 2.75) is 58.4 Å². The van der Waals surface area contributed by atoms with Crippen molar-refractivity contribution in [1.82, 2.24) is 20.5 Å². The van der Waals surface area contributed by atoms with E-state index >= 15 is 0 Å². The number of rotatable bonds is 12. The molecular weight excluding hydrogens is 512 g/mol. The molecule has 1 saturated heterocycles. The summed E-state index contributed by atoms with van der Waals surface area (Å²) in [5.41, 5.74) is 3.37. The van der Waals surface area contributed by atoms with Crippen LogP contribution in [0.3, 0.4) is 0 Å². The van der Waals surface area contributed by atoms with E-state index in [1.807, 2.05) is 5.38 Å². The largest absolute Gasteiger partial charge is 0.496 e. The summed E-state index contributed by atoms with van der Waals surface area (Å²) in [6.07, 6.45) is 0.363. The summed E-state index contributed by atoms with van der Waals surface area (Å²) in [5, 5.41) is 7.40. The summed E-state index contributed by atoms with van der Waals surface area (Å²) >= 11 is 1.39. The highest BCUT2D eigenvalue weighted by atomic mass is 32.1. The Morgan fingerprint density at radius 2 is 2.05 bits per heavy atom. The fourth-order valence-corrected chi connectivity index (χ4v) is 4.95. The van der Waals surface area contributed by atoms with Crippen LogP contribution >= 0.6 is 11.3 Å². The van der Waals surface area contributed by atoms with Crippen molar-refractivity contribution in [2.75, 3.05) is 26.8 Å². The van der Waals surface area contributed by atoms with Gasteiger partial charge in [-0.2, -0.15) is 0 Å². The number of carbonyl (C=O) groups excluding carboxylic acids is 4. The molecule has 1 fully saturated rings. The summed E-state index contributed by atoms with van der Waals surface area (Å²) in [4.78, 5) is 57.1. The van der Waals surface area contributed by atoms with Crippen LogP contribution in [0.2, 0.25) is 0 Å². The minimum Gasteiger partial charge on any atom is -0.496 e. The molecule has 2 heterocycles. The first-order chi connectivity index (χ1) is 18.2. The third kappa shape index (κ3) is 7.51. The molecule has 0 aliphatic carbocycles. The maximum Gasteiger partial charge on any atom is 0.305 e. The minimum absolute atomic E-state index is 0.0428. The van der Waals surface area contributed by atoms with Gasteiger partial charge >= 0.3 is 5.97 Å². The number of likely N-dealkylation sites (tertiary alicyclic amines) is 1. The van der Waals surface area contributed by atoms with E-state index in [0.717, 1.165) is 0 Å². The Balaban J connectivity index is 1.75. The molecule has 0 spiro atoms. The van der Waals surface area contributed by atoms with Crippen molar-refractivity contribution < 1.29 is 33.4 Å². The maximum atomic E-state index is 13.7. The monoisotopic (exact) mass is 546 g/mol. The molecule has 0 saturated carbocycles. The second-order valence-electron chi connectivity index (χ2n) is 8.77. The highest BCUT2D eigenvalue weighted by Gasteiger charge is 2.38. The summed E-state index contributed by atoms with van der Waals surface area (Å²) in [6.45, 7) is 5.41. The van der Waals surface area contributed by atoms with Gasteiger partial charge < -0.3 is 29.7 Å². The second-order valence-corrected chi connectivity index (χ2v) is 9.49. The SMILES string of the molecule is CCO[C@@H](CNC(=O)[C@@H]1CCCN1C(=O)[C@H](Cc1cscn1)NC(=O)c1cccc(OC)c1C)OC(C)=O. The zero-order valence-electron chi connectivity index (χ0n) is 22.0. The van der Waals surface area contributed by atoms with E-state index in [9.17, 15) is 19.2 Å². The molecule has 0 bridgehead atoms. The van der Waals surface area contributed by atoms with Crippen molar-refractivity contribution >= 4 is 35.0 Å². The van der Waals surface area contributed by atoms with Gasteiger partial charge in [0.25, 0.3) is 5.91 Å². The third-order valence-electron chi connectivity index (χ3n) is 6.18. The zero-order valence-corrected chi connectivity index (χ0v) is 22.8. The van der Waals surface area contributed by atoms with Crippen molar-refractivity contribution in [1.29, 1.82) is 0 Å². The van der Waals surface area contributed by atoms with Crippen molar-refractivity contribution in [3.63, 3.8) is 0 Å². The fourth-order valence-electron chi connectivity index (χ4n) is 4.38. The van der Waals surface area contributed by atoms with Crippen LogP contribution in [0, 0.1) is 6.92 Å². The van der Waals surface area contributed by atoms with Crippen LogP contribution in [-0.4, -0.2) is 78.8 Å². The molecule has 11 nitrogen and oxygen atoms in total. The Labute approximate surface area is 225 Å². The van der Waals surface area contributed by atoms with Gasteiger partial charge in [0.1, 0.15) is 17.8 Å². The average Bonchev–Trinajstić information content (AvgIpc) is 3.58. The molecular formula is C26H34N4O7S. The first kappa shape index (κ1) is 29.1. The molecule has 0 radical (unpaired) electrons. The van der Waals surface area contributed by atoms with Crippen LogP contribution in [-0.2, 0) is 30.3 Å². The lowest BCUT2D eigenvalue weighted by Gasteiger charge is -2.29. The van der Waals surface area contributed by atoms with Crippen LogP contribution in [0.25, 0.3) is 0 Å². The summed E-state index contributed by atoms with van der Waals surface area (Å²) < 4.78 is 15.7. The Bertz CT molecular complexity index is 1120. The number of amides is 3. The van der Waals surface area contributed by atoms with E-state index < -0.39 is 30.3 Å². The summed E-state index contributed by atoms with van der Waals surface area (Å²) in [7, 11) is 1.53. The van der Waals surface area contributed by atoms with Crippen LogP contribution in [0.1, 0.15) is 48.3 Å². The number of nitrogens with zero attached hydrogens (tertiary/aromatic N) is 2. The second kappa shape index (κ2) is 13.9. The first-order valence-electron chi connectivity index (χ1n) is 12.4.